The van der Waals surface area contributed by atoms with Gasteiger partial charge in [0.1, 0.15) is 24.2 Å². The van der Waals surface area contributed by atoms with Crippen molar-refractivity contribution in [3.8, 4) is 0 Å². The second kappa shape index (κ2) is 44.8. The summed E-state index contributed by atoms with van der Waals surface area (Å²) in [5.74, 6) is 2.54. The number of thiazole rings is 1. The van der Waals surface area contributed by atoms with E-state index in [1.807, 2.05) is 81.5 Å². The summed E-state index contributed by atoms with van der Waals surface area (Å²) in [6.07, 6.45) is 9.99. The van der Waals surface area contributed by atoms with Gasteiger partial charge in [0.05, 0.1) is 11.2 Å². The number of oxazole rings is 1. The molecule has 0 fully saturated rings. The van der Waals surface area contributed by atoms with E-state index >= 15 is 0 Å². The molecule has 0 saturated carbocycles. The molecule has 0 amide bonds. The molecule has 0 bridgehead atoms. The van der Waals surface area contributed by atoms with Crippen molar-refractivity contribution >= 4 is 11.3 Å². The summed E-state index contributed by atoms with van der Waals surface area (Å²) >= 11 is 1.67. The van der Waals surface area contributed by atoms with Crippen LogP contribution in [0.25, 0.3) is 0 Å². The number of nitrogens with one attached hydrogen (secondary N) is 2. The third kappa shape index (κ3) is 41.9. The Morgan fingerprint density at radius 2 is 1.26 bits per heavy atom. The molecule has 4 aromatic rings. The third-order valence-corrected chi connectivity index (χ3v) is 2.99. The van der Waals surface area contributed by atoms with Gasteiger partial charge in [-0.1, -0.05) is 77.7 Å². The van der Waals surface area contributed by atoms with Crippen molar-refractivity contribution in [1.29, 1.82) is 0 Å². The number of hydrogen-bond donors (Lipinski definition) is 2. The zero-order valence-electron chi connectivity index (χ0n) is 22.1. The van der Waals surface area contributed by atoms with E-state index in [0.29, 0.717) is 0 Å². The van der Waals surface area contributed by atoms with Crippen LogP contribution in [0.2, 0.25) is 0 Å². The number of rotatable bonds is 0. The van der Waals surface area contributed by atoms with E-state index in [4.69, 9.17) is 4.42 Å². The molecular formula is C26H57N7OS. The lowest BCUT2D eigenvalue weighted by Crippen LogP contribution is -1.68. The summed E-state index contributed by atoms with van der Waals surface area (Å²) in [5.41, 5.74) is 0. The molecule has 0 radical (unpaired) electrons. The van der Waals surface area contributed by atoms with Crippen LogP contribution < -0.4 is 0 Å². The van der Waals surface area contributed by atoms with Gasteiger partial charge in [0.2, 0.25) is 0 Å². The van der Waals surface area contributed by atoms with Gasteiger partial charge in [0.15, 0.2) is 5.89 Å². The Balaban J connectivity index is -0.0000000531. The summed E-state index contributed by atoms with van der Waals surface area (Å²) in [6, 6.07) is 0. The van der Waals surface area contributed by atoms with Gasteiger partial charge in [0.25, 0.3) is 0 Å². The van der Waals surface area contributed by atoms with Crippen LogP contribution in [-0.4, -0.2) is 35.1 Å². The summed E-state index contributed by atoms with van der Waals surface area (Å²) in [7, 11) is 0. The quantitative estimate of drug-likeness (QED) is 0.241. The van der Waals surface area contributed by atoms with E-state index in [-0.39, 0.29) is 22.3 Å². The average molecular weight is 516 g/mol. The van der Waals surface area contributed by atoms with Crippen molar-refractivity contribution in [2.45, 2.75) is 105 Å². The monoisotopic (exact) mass is 515 g/mol. The van der Waals surface area contributed by atoms with Crippen LogP contribution in [0.1, 0.15) is 100 Å². The minimum absolute atomic E-state index is 0. The molecule has 0 saturated heterocycles. The summed E-state index contributed by atoms with van der Waals surface area (Å²) < 4.78 is 4.72. The SMILES string of the molecule is C.C.C.CC.CC.CC.CC.Cc1ncc[nH]1.Cc1ncco1.Cc1nccs1.Cc1ncn[nH]1. The normalized spacial score (nSPS) is 6.74. The number of aryl methyl sites for hydroxylation is 4. The first-order chi connectivity index (χ1) is 15.6. The average Bonchev–Trinajstić information content (AvgIpc) is 3.67. The molecule has 0 aliphatic carbocycles. The minimum atomic E-state index is 0. The fourth-order valence-electron chi connectivity index (χ4n) is 1.20. The lowest BCUT2D eigenvalue weighted by molar-refractivity contribution is 0.521. The van der Waals surface area contributed by atoms with Gasteiger partial charge in [-0.05, 0) is 20.8 Å². The van der Waals surface area contributed by atoms with E-state index in [1.54, 1.807) is 49.3 Å². The second-order valence-corrected chi connectivity index (χ2v) is 5.45. The van der Waals surface area contributed by atoms with E-state index < -0.39 is 0 Å². The zero-order chi connectivity index (χ0) is 25.6. The predicted octanol–water partition coefficient (Wildman–Crippen LogP) is 9.28. The maximum atomic E-state index is 4.72. The molecule has 35 heavy (non-hydrogen) atoms. The van der Waals surface area contributed by atoms with E-state index in [2.05, 4.69) is 35.1 Å². The fraction of sp³-hybridized carbons (Fsp3) is 0.577. The maximum absolute atomic E-state index is 4.72. The summed E-state index contributed by atoms with van der Waals surface area (Å²) in [6.45, 7) is 23.6. The van der Waals surface area contributed by atoms with Gasteiger partial charge in [0, 0.05) is 30.9 Å². The van der Waals surface area contributed by atoms with Crippen molar-refractivity contribution < 1.29 is 4.42 Å². The summed E-state index contributed by atoms with van der Waals surface area (Å²) in [5, 5.41) is 9.33. The Morgan fingerprint density at radius 1 is 0.686 bits per heavy atom. The van der Waals surface area contributed by atoms with Crippen molar-refractivity contribution in [3.63, 3.8) is 0 Å². The van der Waals surface area contributed by atoms with Crippen LogP contribution in [-0.2, 0) is 0 Å². The molecule has 0 aliphatic rings. The van der Waals surface area contributed by atoms with Crippen LogP contribution >= 0.6 is 11.3 Å². The first-order valence-corrected chi connectivity index (χ1v) is 12.0. The number of hydrogen-bond acceptors (Lipinski definition) is 7. The number of nitrogens with zero attached hydrogens (tertiary/aromatic N) is 5. The molecule has 2 N–H and O–H groups in total. The standard InChI is InChI=1S/C4H6N2.C4H5NO.C4H5NS.C3H5N3.4C2H6.3CH4/c3*1-4-5-2-3-6-4;1-3-4-2-5-6-3;4*1-2;;;/h2-3H,1H3,(H,5,6);2*2-3H,1H3;2H,1H3,(H,4,5,6);4*1-2H3;3*1H4. The van der Waals surface area contributed by atoms with Crippen LogP contribution in [0.3, 0.4) is 0 Å². The second-order valence-electron chi connectivity index (χ2n) is 4.35. The Bertz CT molecular complexity index is 581. The Hall–Kier alpha value is -2.81. The van der Waals surface area contributed by atoms with Crippen molar-refractivity contribution in [3.05, 3.63) is 65.3 Å². The van der Waals surface area contributed by atoms with Crippen molar-refractivity contribution in [1.82, 2.24) is 35.1 Å². The molecule has 9 heteroatoms. The maximum Gasteiger partial charge on any atom is 0.190 e. The first-order valence-electron chi connectivity index (χ1n) is 11.1. The van der Waals surface area contributed by atoms with Crippen LogP contribution in [0.4, 0.5) is 0 Å². The number of aromatic amines is 2. The van der Waals surface area contributed by atoms with Gasteiger partial charge in [-0.25, -0.2) is 15.0 Å². The minimum Gasteiger partial charge on any atom is -0.449 e. The topological polar surface area (TPSA) is 109 Å². The lowest BCUT2D eigenvalue weighted by atomic mass is 10.8. The third-order valence-electron chi connectivity index (χ3n) is 2.28. The van der Waals surface area contributed by atoms with E-state index in [9.17, 15) is 0 Å². The van der Waals surface area contributed by atoms with Gasteiger partial charge in [-0.15, -0.1) is 11.3 Å². The molecule has 0 unspecified atom stereocenters. The number of H-pyrrole nitrogens is 2. The van der Waals surface area contributed by atoms with Gasteiger partial charge >= 0.3 is 0 Å². The Kier molecular flexibility index (Phi) is 63.2. The molecule has 4 heterocycles. The Labute approximate surface area is 221 Å². The van der Waals surface area contributed by atoms with E-state index in [1.165, 1.54) is 6.33 Å². The fourth-order valence-corrected chi connectivity index (χ4v) is 1.64. The number of aromatic nitrogens is 7. The highest BCUT2D eigenvalue weighted by Crippen LogP contribution is 1.98. The van der Waals surface area contributed by atoms with Crippen LogP contribution in [0.15, 0.2) is 47.2 Å². The van der Waals surface area contributed by atoms with E-state index in [0.717, 1.165) is 22.5 Å². The van der Waals surface area contributed by atoms with Crippen LogP contribution in [0.5, 0.6) is 0 Å². The first kappa shape index (κ1) is 49.4. The number of imidazole rings is 1. The molecule has 0 atom stereocenters. The Morgan fingerprint density at radius 3 is 1.37 bits per heavy atom. The van der Waals surface area contributed by atoms with Gasteiger partial charge < -0.3 is 9.40 Å². The van der Waals surface area contributed by atoms with Crippen LogP contribution in [0, 0.1) is 27.7 Å². The molecule has 208 valence electrons. The lowest BCUT2D eigenvalue weighted by Gasteiger charge is -1.68. The summed E-state index contributed by atoms with van der Waals surface area (Å²) in [4.78, 5) is 18.2. The highest BCUT2D eigenvalue weighted by Gasteiger charge is 1.78. The predicted molar refractivity (Wildman–Crippen MR) is 158 cm³/mol. The molecule has 8 nitrogen and oxygen atoms in total. The molecule has 0 aromatic carbocycles. The molecule has 4 rings (SSSR count). The highest BCUT2D eigenvalue weighted by atomic mass is 32.1. The van der Waals surface area contributed by atoms with Gasteiger partial charge in [-0.2, -0.15) is 5.10 Å². The zero-order valence-corrected chi connectivity index (χ0v) is 22.9. The van der Waals surface area contributed by atoms with Crippen molar-refractivity contribution in [2.24, 2.45) is 0 Å². The molecule has 0 spiro atoms. The van der Waals surface area contributed by atoms with Gasteiger partial charge in [-0.3, -0.25) is 10.1 Å². The molecule has 4 aromatic heterocycles. The largest absolute Gasteiger partial charge is 0.449 e. The molecular weight excluding hydrogens is 458 g/mol. The highest BCUT2D eigenvalue weighted by molar-refractivity contribution is 7.09. The molecule has 0 aliphatic heterocycles. The van der Waals surface area contributed by atoms with Crippen molar-refractivity contribution in [2.75, 3.05) is 0 Å². The smallest absolute Gasteiger partial charge is 0.190 e.